The van der Waals surface area contributed by atoms with Crippen LogP contribution >= 0.6 is 11.6 Å². The minimum absolute atomic E-state index is 0.216. The number of hydrogen-bond donors (Lipinski definition) is 1. The van der Waals surface area contributed by atoms with Crippen molar-refractivity contribution in [3.05, 3.63) is 53.1 Å². The molecule has 4 nitrogen and oxygen atoms in total. The molecule has 2 rings (SSSR count). The van der Waals surface area contributed by atoms with E-state index in [1.165, 1.54) is 0 Å². The van der Waals surface area contributed by atoms with Gasteiger partial charge < -0.3 is 14.8 Å². The van der Waals surface area contributed by atoms with E-state index in [4.69, 9.17) is 21.1 Å². The van der Waals surface area contributed by atoms with Gasteiger partial charge in [0.1, 0.15) is 11.5 Å². The van der Waals surface area contributed by atoms with Crippen molar-refractivity contribution in [3.8, 4) is 11.5 Å². The molecule has 0 bridgehead atoms. The van der Waals surface area contributed by atoms with Crippen LogP contribution in [0.5, 0.6) is 11.5 Å². The number of anilines is 1. The summed E-state index contributed by atoms with van der Waals surface area (Å²) >= 11 is 5.99. The van der Waals surface area contributed by atoms with Gasteiger partial charge in [0.15, 0.2) is 6.10 Å². The number of aryl methyl sites for hydroxylation is 1. The van der Waals surface area contributed by atoms with Crippen LogP contribution < -0.4 is 14.8 Å². The molecule has 2 aromatic rings. The Hall–Kier alpha value is -2.20. The van der Waals surface area contributed by atoms with Crippen LogP contribution in [0.2, 0.25) is 5.02 Å². The van der Waals surface area contributed by atoms with Gasteiger partial charge >= 0.3 is 0 Å². The van der Waals surface area contributed by atoms with Crippen LogP contribution in [0, 0.1) is 6.92 Å². The van der Waals surface area contributed by atoms with Crippen molar-refractivity contribution in [1.29, 1.82) is 0 Å². The second-order valence-corrected chi connectivity index (χ2v) is 6.29. The molecule has 0 fully saturated rings. The van der Waals surface area contributed by atoms with Crippen molar-refractivity contribution in [2.24, 2.45) is 0 Å². The Morgan fingerprint density at radius 3 is 2.48 bits per heavy atom. The van der Waals surface area contributed by atoms with Crippen molar-refractivity contribution in [3.63, 3.8) is 0 Å². The molecule has 0 saturated heterocycles. The molecular formula is C20H24ClNO3. The van der Waals surface area contributed by atoms with Gasteiger partial charge in [-0.2, -0.15) is 0 Å². The lowest BCUT2D eigenvalue weighted by Crippen LogP contribution is -2.30. The molecule has 1 atom stereocenters. The number of halogens is 1. The molecule has 0 spiro atoms. The fourth-order valence-corrected chi connectivity index (χ4v) is 2.28. The highest BCUT2D eigenvalue weighted by Gasteiger charge is 2.15. The molecule has 1 amide bonds. The summed E-state index contributed by atoms with van der Waals surface area (Å²) in [5.74, 6) is 1.20. The van der Waals surface area contributed by atoms with E-state index in [1.807, 2.05) is 37.3 Å². The zero-order valence-electron chi connectivity index (χ0n) is 14.8. The summed E-state index contributed by atoms with van der Waals surface area (Å²) in [4.78, 5) is 12.3. The van der Waals surface area contributed by atoms with Gasteiger partial charge in [-0.25, -0.2) is 0 Å². The quantitative estimate of drug-likeness (QED) is 0.654. The average Bonchev–Trinajstić information content (AvgIpc) is 2.60. The molecule has 0 aliphatic carbocycles. The van der Waals surface area contributed by atoms with E-state index in [0.717, 1.165) is 24.2 Å². The van der Waals surface area contributed by atoms with Crippen LogP contribution in [-0.2, 0) is 4.79 Å². The average molecular weight is 362 g/mol. The normalized spacial score (nSPS) is 11.7. The number of hydrogen-bond acceptors (Lipinski definition) is 3. The number of ether oxygens (including phenoxy) is 2. The van der Waals surface area contributed by atoms with E-state index in [9.17, 15) is 4.79 Å². The lowest BCUT2D eigenvalue weighted by atomic mass is 10.2. The first-order chi connectivity index (χ1) is 12.0. The van der Waals surface area contributed by atoms with Crippen molar-refractivity contribution in [1.82, 2.24) is 0 Å². The van der Waals surface area contributed by atoms with E-state index < -0.39 is 6.10 Å². The minimum Gasteiger partial charge on any atom is -0.494 e. The molecule has 0 aliphatic heterocycles. The Labute approximate surface area is 154 Å². The number of carbonyl (C=O) groups is 1. The van der Waals surface area contributed by atoms with Crippen LogP contribution in [0.4, 0.5) is 5.69 Å². The Morgan fingerprint density at radius 2 is 1.84 bits per heavy atom. The minimum atomic E-state index is -0.624. The van der Waals surface area contributed by atoms with Gasteiger partial charge in [0, 0.05) is 10.7 Å². The van der Waals surface area contributed by atoms with E-state index >= 15 is 0 Å². The van der Waals surface area contributed by atoms with Crippen LogP contribution in [0.3, 0.4) is 0 Å². The number of nitrogens with one attached hydrogen (secondary N) is 1. The molecule has 1 N–H and O–H groups in total. The third kappa shape index (κ3) is 5.98. The largest absolute Gasteiger partial charge is 0.494 e. The third-order valence-electron chi connectivity index (χ3n) is 3.70. The van der Waals surface area contributed by atoms with Crippen LogP contribution in [0.25, 0.3) is 0 Å². The van der Waals surface area contributed by atoms with Gasteiger partial charge in [-0.15, -0.1) is 0 Å². The fraction of sp³-hybridized carbons (Fsp3) is 0.350. The smallest absolute Gasteiger partial charge is 0.265 e. The second-order valence-electron chi connectivity index (χ2n) is 5.89. The first kappa shape index (κ1) is 19.1. The van der Waals surface area contributed by atoms with Crippen molar-refractivity contribution in [2.75, 3.05) is 11.9 Å². The van der Waals surface area contributed by atoms with Crippen LogP contribution in [0.1, 0.15) is 32.3 Å². The molecule has 0 saturated carbocycles. The number of amides is 1. The lowest BCUT2D eigenvalue weighted by molar-refractivity contribution is -0.122. The Bertz CT molecular complexity index is 701. The SMILES string of the molecule is CCCCOc1ccc(NC(=O)C(C)Oc2ccc(Cl)c(C)c2)cc1. The standard InChI is InChI=1S/C20H24ClNO3/c1-4-5-12-24-17-8-6-16(7-9-17)22-20(23)15(3)25-18-10-11-19(21)14(2)13-18/h6-11,13,15H,4-5,12H2,1-3H3,(H,22,23). The third-order valence-corrected chi connectivity index (χ3v) is 4.12. The highest BCUT2D eigenvalue weighted by molar-refractivity contribution is 6.31. The predicted molar refractivity (Wildman–Crippen MR) is 102 cm³/mol. The van der Waals surface area contributed by atoms with E-state index in [2.05, 4.69) is 12.2 Å². The van der Waals surface area contributed by atoms with Crippen molar-refractivity contribution < 1.29 is 14.3 Å². The molecule has 0 aliphatic rings. The summed E-state index contributed by atoms with van der Waals surface area (Å²) in [6, 6.07) is 12.7. The van der Waals surface area contributed by atoms with E-state index in [1.54, 1.807) is 19.1 Å². The highest BCUT2D eigenvalue weighted by Crippen LogP contribution is 2.22. The van der Waals surface area contributed by atoms with Gasteiger partial charge in [0.2, 0.25) is 0 Å². The summed E-state index contributed by atoms with van der Waals surface area (Å²) < 4.78 is 11.3. The lowest BCUT2D eigenvalue weighted by Gasteiger charge is -2.15. The summed E-state index contributed by atoms with van der Waals surface area (Å²) in [6.45, 7) is 6.43. The summed E-state index contributed by atoms with van der Waals surface area (Å²) in [5.41, 5.74) is 1.61. The zero-order chi connectivity index (χ0) is 18.2. The molecule has 5 heteroatoms. The molecule has 0 heterocycles. The molecule has 25 heavy (non-hydrogen) atoms. The summed E-state index contributed by atoms with van der Waals surface area (Å²) in [6.07, 6.45) is 1.50. The van der Waals surface area contributed by atoms with Crippen molar-refractivity contribution >= 4 is 23.2 Å². The molecule has 134 valence electrons. The Balaban J connectivity index is 1.88. The Morgan fingerprint density at radius 1 is 1.16 bits per heavy atom. The van der Waals surface area contributed by atoms with Gasteiger partial charge in [-0.3, -0.25) is 4.79 Å². The van der Waals surface area contributed by atoms with Crippen LogP contribution in [-0.4, -0.2) is 18.6 Å². The monoisotopic (exact) mass is 361 g/mol. The van der Waals surface area contributed by atoms with Gasteiger partial charge in [0.05, 0.1) is 6.61 Å². The maximum atomic E-state index is 12.3. The molecule has 0 radical (unpaired) electrons. The zero-order valence-corrected chi connectivity index (χ0v) is 15.6. The second kappa shape index (κ2) is 9.33. The van der Waals surface area contributed by atoms with Crippen molar-refractivity contribution in [2.45, 2.75) is 39.7 Å². The number of rotatable bonds is 8. The van der Waals surface area contributed by atoms with Crippen LogP contribution in [0.15, 0.2) is 42.5 Å². The number of carbonyl (C=O) groups excluding carboxylic acids is 1. The Kier molecular flexibility index (Phi) is 7.14. The van der Waals surface area contributed by atoms with E-state index in [0.29, 0.717) is 23.1 Å². The highest BCUT2D eigenvalue weighted by atomic mass is 35.5. The fourth-order valence-electron chi connectivity index (χ4n) is 2.16. The maximum Gasteiger partial charge on any atom is 0.265 e. The van der Waals surface area contributed by atoms with Gasteiger partial charge in [0.25, 0.3) is 5.91 Å². The topological polar surface area (TPSA) is 47.6 Å². The molecular weight excluding hydrogens is 338 g/mol. The van der Waals surface area contributed by atoms with E-state index in [-0.39, 0.29) is 5.91 Å². The molecule has 1 unspecified atom stereocenters. The predicted octanol–water partition coefficient (Wildman–Crippen LogP) is 5.23. The summed E-state index contributed by atoms with van der Waals surface area (Å²) in [5, 5.41) is 3.51. The first-order valence-corrected chi connectivity index (χ1v) is 8.84. The number of benzene rings is 2. The first-order valence-electron chi connectivity index (χ1n) is 8.46. The maximum absolute atomic E-state index is 12.3. The summed E-state index contributed by atoms with van der Waals surface area (Å²) in [7, 11) is 0. The number of unbranched alkanes of at least 4 members (excludes halogenated alkanes) is 1. The molecule has 2 aromatic carbocycles. The molecule has 0 aromatic heterocycles. The van der Waals surface area contributed by atoms with Gasteiger partial charge in [-0.05, 0) is 68.3 Å². The van der Waals surface area contributed by atoms with Gasteiger partial charge in [-0.1, -0.05) is 24.9 Å².